The SMILES string of the molecule is CC1(c2ccc(-c3nc(CNC(=O)c4ccc(Cl)s4)cs3)cc2)NCCN1. The molecule has 8 heteroatoms. The summed E-state index contributed by atoms with van der Waals surface area (Å²) in [6, 6.07) is 11.9. The lowest BCUT2D eigenvalue weighted by molar-refractivity contribution is 0.0954. The molecule has 0 atom stereocenters. The van der Waals surface area contributed by atoms with E-state index >= 15 is 0 Å². The van der Waals surface area contributed by atoms with Crippen LogP contribution < -0.4 is 16.0 Å². The molecule has 0 radical (unpaired) electrons. The molecule has 0 spiro atoms. The van der Waals surface area contributed by atoms with Crippen LogP contribution in [0.4, 0.5) is 0 Å². The number of rotatable bonds is 5. The van der Waals surface area contributed by atoms with Gasteiger partial charge in [-0.1, -0.05) is 35.9 Å². The van der Waals surface area contributed by atoms with E-state index in [9.17, 15) is 4.79 Å². The van der Waals surface area contributed by atoms with Gasteiger partial charge in [0.25, 0.3) is 5.91 Å². The Morgan fingerprint density at radius 1 is 1.22 bits per heavy atom. The van der Waals surface area contributed by atoms with E-state index in [0.29, 0.717) is 15.8 Å². The maximum atomic E-state index is 12.1. The Balaban J connectivity index is 1.41. The topological polar surface area (TPSA) is 66.0 Å². The molecule has 4 rings (SSSR count). The van der Waals surface area contributed by atoms with Crippen LogP contribution in [0.15, 0.2) is 41.8 Å². The number of halogens is 1. The fraction of sp³-hybridized carbons (Fsp3) is 0.263. The van der Waals surface area contributed by atoms with E-state index in [0.717, 1.165) is 29.4 Å². The highest BCUT2D eigenvalue weighted by Crippen LogP contribution is 2.27. The normalized spacial score (nSPS) is 15.8. The monoisotopic (exact) mass is 418 g/mol. The van der Waals surface area contributed by atoms with Gasteiger partial charge in [-0.15, -0.1) is 22.7 Å². The van der Waals surface area contributed by atoms with Gasteiger partial charge in [0.05, 0.1) is 27.1 Å². The molecule has 2 aromatic heterocycles. The van der Waals surface area contributed by atoms with Crippen LogP contribution >= 0.6 is 34.3 Å². The minimum Gasteiger partial charge on any atom is -0.346 e. The second kappa shape index (κ2) is 7.69. The van der Waals surface area contributed by atoms with Crippen LogP contribution in [0.3, 0.4) is 0 Å². The maximum absolute atomic E-state index is 12.1. The molecular weight excluding hydrogens is 400 g/mol. The van der Waals surface area contributed by atoms with Crippen molar-refractivity contribution in [2.24, 2.45) is 0 Å². The third kappa shape index (κ3) is 4.07. The van der Waals surface area contributed by atoms with Crippen LogP contribution in [0.25, 0.3) is 10.6 Å². The van der Waals surface area contributed by atoms with E-state index in [2.05, 4.69) is 52.1 Å². The van der Waals surface area contributed by atoms with Crippen LogP contribution in [-0.2, 0) is 12.2 Å². The molecule has 1 amide bonds. The number of carbonyl (C=O) groups excluding carboxylic acids is 1. The predicted molar refractivity (Wildman–Crippen MR) is 111 cm³/mol. The number of carbonyl (C=O) groups is 1. The Morgan fingerprint density at radius 2 is 1.96 bits per heavy atom. The third-order valence-corrected chi connectivity index (χ3v) is 6.74. The number of hydrogen-bond donors (Lipinski definition) is 3. The van der Waals surface area contributed by atoms with Crippen molar-refractivity contribution < 1.29 is 4.79 Å². The van der Waals surface area contributed by atoms with Gasteiger partial charge in [0.15, 0.2) is 0 Å². The summed E-state index contributed by atoms with van der Waals surface area (Å²) in [7, 11) is 0. The van der Waals surface area contributed by atoms with Gasteiger partial charge in [-0.05, 0) is 24.6 Å². The molecule has 1 aliphatic rings. The number of thiazole rings is 1. The van der Waals surface area contributed by atoms with E-state index in [-0.39, 0.29) is 11.6 Å². The van der Waals surface area contributed by atoms with E-state index in [4.69, 9.17) is 11.6 Å². The van der Waals surface area contributed by atoms with Crippen molar-refractivity contribution in [3.8, 4) is 10.6 Å². The first-order valence-electron chi connectivity index (χ1n) is 8.62. The molecule has 0 bridgehead atoms. The standard InChI is InChI=1S/C19H19ClN4OS2/c1-19(22-8-9-23-19)13-4-2-12(3-5-13)18-24-14(11-26-18)10-21-17(25)15-6-7-16(20)27-15/h2-7,11,22-23H,8-10H2,1H3,(H,21,25). The van der Waals surface area contributed by atoms with Gasteiger partial charge in [-0.3, -0.25) is 15.4 Å². The zero-order valence-electron chi connectivity index (χ0n) is 14.7. The van der Waals surface area contributed by atoms with Crippen molar-refractivity contribution in [2.75, 3.05) is 13.1 Å². The van der Waals surface area contributed by atoms with E-state index in [1.54, 1.807) is 23.5 Å². The first-order chi connectivity index (χ1) is 13.0. The fourth-order valence-corrected chi connectivity index (χ4v) is 4.84. The van der Waals surface area contributed by atoms with E-state index in [1.165, 1.54) is 16.9 Å². The summed E-state index contributed by atoms with van der Waals surface area (Å²) in [5, 5.41) is 12.8. The molecule has 5 nitrogen and oxygen atoms in total. The number of aromatic nitrogens is 1. The molecule has 0 unspecified atom stereocenters. The number of benzene rings is 1. The average molecular weight is 419 g/mol. The van der Waals surface area contributed by atoms with Gasteiger partial charge in [-0.25, -0.2) is 4.98 Å². The van der Waals surface area contributed by atoms with Crippen LogP contribution in [0.5, 0.6) is 0 Å². The molecular formula is C19H19ClN4OS2. The van der Waals surface area contributed by atoms with Crippen molar-refractivity contribution in [3.05, 3.63) is 62.2 Å². The molecule has 1 aromatic carbocycles. The van der Waals surface area contributed by atoms with Crippen LogP contribution in [0.2, 0.25) is 4.34 Å². The molecule has 27 heavy (non-hydrogen) atoms. The minimum absolute atomic E-state index is 0.129. The van der Waals surface area contributed by atoms with Crippen molar-refractivity contribution >= 4 is 40.2 Å². The van der Waals surface area contributed by atoms with Gasteiger partial charge in [0.1, 0.15) is 5.01 Å². The lowest BCUT2D eigenvalue weighted by atomic mass is 10.0. The summed E-state index contributed by atoms with van der Waals surface area (Å²) < 4.78 is 0.608. The Morgan fingerprint density at radius 3 is 2.63 bits per heavy atom. The number of thiophene rings is 1. The van der Waals surface area contributed by atoms with Crippen LogP contribution in [-0.4, -0.2) is 24.0 Å². The molecule has 3 aromatic rings. The first-order valence-corrected chi connectivity index (χ1v) is 10.7. The molecule has 0 aliphatic carbocycles. The molecule has 1 aliphatic heterocycles. The number of nitrogens with zero attached hydrogens (tertiary/aromatic N) is 1. The van der Waals surface area contributed by atoms with Crippen molar-refractivity contribution in [1.29, 1.82) is 0 Å². The predicted octanol–water partition coefficient (Wildman–Crippen LogP) is 3.82. The van der Waals surface area contributed by atoms with Gasteiger partial charge < -0.3 is 5.32 Å². The smallest absolute Gasteiger partial charge is 0.261 e. The van der Waals surface area contributed by atoms with Crippen LogP contribution in [0, 0.1) is 0 Å². The van der Waals surface area contributed by atoms with Gasteiger partial charge in [0, 0.05) is 24.0 Å². The Hall–Kier alpha value is -1.77. The average Bonchev–Trinajstić information content (AvgIpc) is 3.41. The Labute approximate surface area is 170 Å². The third-order valence-electron chi connectivity index (χ3n) is 4.57. The highest BCUT2D eigenvalue weighted by molar-refractivity contribution is 7.18. The number of nitrogens with one attached hydrogen (secondary N) is 3. The van der Waals surface area contributed by atoms with Crippen molar-refractivity contribution in [2.45, 2.75) is 19.1 Å². The molecule has 140 valence electrons. The lowest BCUT2D eigenvalue weighted by Crippen LogP contribution is -2.42. The molecule has 1 saturated heterocycles. The largest absolute Gasteiger partial charge is 0.346 e. The molecule has 0 saturated carbocycles. The Bertz CT molecular complexity index is 945. The zero-order chi connectivity index (χ0) is 18.9. The summed E-state index contributed by atoms with van der Waals surface area (Å²) in [6.45, 7) is 4.49. The molecule has 3 N–H and O–H groups in total. The van der Waals surface area contributed by atoms with Crippen molar-refractivity contribution in [1.82, 2.24) is 20.9 Å². The second-order valence-corrected chi connectivity index (χ2v) is 9.06. The highest BCUT2D eigenvalue weighted by Gasteiger charge is 2.29. The zero-order valence-corrected chi connectivity index (χ0v) is 17.1. The van der Waals surface area contributed by atoms with Crippen LogP contribution in [0.1, 0.15) is 27.9 Å². The second-order valence-electron chi connectivity index (χ2n) is 6.49. The van der Waals surface area contributed by atoms with Gasteiger partial charge in [0.2, 0.25) is 0 Å². The lowest BCUT2D eigenvalue weighted by Gasteiger charge is -2.25. The summed E-state index contributed by atoms with van der Waals surface area (Å²) in [4.78, 5) is 17.4. The van der Waals surface area contributed by atoms with E-state index < -0.39 is 0 Å². The summed E-state index contributed by atoms with van der Waals surface area (Å²) in [5.41, 5.74) is 2.97. The summed E-state index contributed by atoms with van der Waals surface area (Å²) in [6.07, 6.45) is 0. The number of amides is 1. The summed E-state index contributed by atoms with van der Waals surface area (Å²) >= 11 is 8.72. The quantitative estimate of drug-likeness (QED) is 0.589. The van der Waals surface area contributed by atoms with Gasteiger partial charge >= 0.3 is 0 Å². The highest BCUT2D eigenvalue weighted by atomic mass is 35.5. The summed E-state index contributed by atoms with van der Waals surface area (Å²) in [5.74, 6) is -0.129. The molecule has 3 heterocycles. The van der Waals surface area contributed by atoms with Crippen molar-refractivity contribution in [3.63, 3.8) is 0 Å². The van der Waals surface area contributed by atoms with E-state index in [1.807, 2.05) is 5.38 Å². The first kappa shape index (κ1) is 18.6. The maximum Gasteiger partial charge on any atom is 0.261 e. The minimum atomic E-state index is -0.165. The number of hydrogen-bond acceptors (Lipinski definition) is 6. The Kier molecular flexibility index (Phi) is 5.29. The van der Waals surface area contributed by atoms with Gasteiger partial charge in [-0.2, -0.15) is 0 Å². The molecule has 1 fully saturated rings. The fourth-order valence-electron chi connectivity index (χ4n) is 3.05.